The Labute approximate surface area is 182 Å². The summed E-state index contributed by atoms with van der Waals surface area (Å²) in [5.74, 6) is -0.569. The predicted octanol–water partition coefficient (Wildman–Crippen LogP) is 5.37. The first-order chi connectivity index (χ1) is 14.3. The van der Waals surface area contributed by atoms with Crippen LogP contribution in [0.25, 0.3) is 5.76 Å². The first-order valence-corrected chi connectivity index (χ1v) is 11.2. The van der Waals surface area contributed by atoms with Crippen molar-refractivity contribution in [2.45, 2.75) is 59.6 Å². The summed E-state index contributed by atoms with van der Waals surface area (Å²) in [4.78, 5) is 28.3. The zero-order valence-corrected chi connectivity index (χ0v) is 19.0. The van der Waals surface area contributed by atoms with Gasteiger partial charge in [-0.2, -0.15) is 0 Å². The second-order valence-corrected chi connectivity index (χ2v) is 8.91. The number of benzene rings is 1. The van der Waals surface area contributed by atoms with E-state index in [9.17, 15) is 14.7 Å². The van der Waals surface area contributed by atoms with Crippen molar-refractivity contribution in [1.82, 2.24) is 4.90 Å². The topological polar surface area (TPSA) is 66.8 Å². The van der Waals surface area contributed by atoms with Crippen molar-refractivity contribution in [3.63, 3.8) is 0 Å². The van der Waals surface area contributed by atoms with E-state index in [1.807, 2.05) is 46.1 Å². The standard InChI is InChI=1S/C24H29NO4S/c1-6-7-11-25-20(23-15(4)10-12-30-23)19(22(27)24(25)28)21(26)17-8-9-18(16(5)13-17)29-14(2)3/h8-10,12-14,20,26H,6-7,11H2,1-5H3/b21-19-. The molecule has 1 N–H and O–H groups in total. The number of carbonyl (C=O) groups excluding carboxylic acids is 2. The van der Waals surface area contributed by atoms with E-state index in [0.29, 0.717) is 12.1 Å². The molecule has 1 atom stereocenters. The van der Waals surface area contributed by atoms with Gasteiger partial charge in [-0.15, -0.1) is 11.3 Å². The number of nitrogens with zero attached hydrogens (tertiary/aromatic N) is 1. The van der Waals surface area contributed by atoms with Crippen LogP contribution in [0.5, 0.6) is 5.75 Å². The Morgan fingerprint density at radius 1 is 1.20 bits per heavy atom. The van der Waals surface area contributed by atoms with E-state index in [-0.39, 0.29) is 17.4 Å². The van der Waals surface area contributed by atoms with Gasteiger partial charge in [0.1, 0.15) is 11.5 Å². The molecule has 1 aliphatic rings. The summed E-state index contributed by atoms with van der Waals surface area (Å²) in [5.41, 5.74) is 2.54. The molecule has 1 saturated heterocycles. The lowest BCUT2D eigenvalue weighted by atomic mass is 9.97. The number of unbranched alkanes of at least 4 members (excludes halogenated alkanes) is 1. The fraction of sp³-hybridized carbons (Fsp3) is 0.417. The van der Waals surface area contributed by atoms with Gasteiger partial charge in [-0.05, 0) is 74.9 Å². The van der Waals surface area contributed by atoms with E-state index in [0.717, 1.165) is 34.6 Å². The largest absolute Gasteiger partial charge is 0.507 e. The van der Waals surface area contributed by atoms with Gasteiger partial charge in [0.2, 0.25) is 0 Å². The van der Waals surface area contributed by atoms with Crippen LogP contribution in [-0.4, -0.2) is 34.3 Å². The van der Waals surface area contributed by atoms with Gasteiger partial charge in [0.15, 0.2) is 0 Å². The molecule has 0 spiro atoms. The number of likely N-dealkylation sites (tertiary alicyclic amines) is 1. The number of aryl methyl sites for hydroxylation is 2. The van der Waals surface area contributed by atoms with Crippen LogP contribution in [0.4, 0.5) is 0 Å². The molecule has 1 aliphatic heterocycles. The van der Waals surface area contributed by atoms with E-state index in [2.05, 4.69) is 0 Å². The van der Waals surface area contributed by atoms with Crippen LogP contribution in [0, 0.1) is 13.8 Å². The summed E-state index contributed by atoms with van der Waals surface area (Å²) in [6.07, 6.45) is 1.75. The molecule has 1 aromatic heterocycles. The maximum atomic E-state index is 13.0. The number of hydrogen-bond donors (Lipinski definition) is 1. The first-order valence-electron chi connectivity index (χ1n) is 10.4. The van der Waals surface area contributed by atoms with Gasteiger partial charge in [0.05, 0.1) is 17.7 Å². The smallest absolute Gasteiger partial charge is 0.295 e. The molecule has 0 bridgehead atoms. The zero-order valence-electron chi connectivity index (χ0n) is 18.2. The average Bonchev–Trinajstić information content (AvgIpc) is 3.22. The van der Waals surface area contributed by atoms with Crippen LogP contribution in [0.3, 0.4) is 0 Å². The molecule has 0 radical (unpaired) electrons. The van der Waals surface area contributed by atoms with Gasteiger partial charge < -0.3 is 14.7 Å². The minimum Gasteiger partial charge on any atom is -0.507 e. The SMILES string of the molecule is CCCCN1C(=O)C(=O)/C(=C(\O)c2ccc(OC(C)C)c(C)c2)C1c1sccc1C. The van der Waals surface area contributed by atoms with E-state index in [1.54, 1.807) is 23.1 Å². The van der Waals surface area contributed by atoms with Crippen molar-refractivity contribution < 1.29 is 19.4 Å². The Bertz CT molecular complexity index is 989. The normalized spacial score (nSPS) is 18.5. The Kier molecular flexibility index (Phi) is 6.66. The van der Waals surface area contributed by atoms with Gasteiger partial charge in [-0.3, -0.25) is 9.59 Å². The van der Waals surface area contributed by atoms with Crippen LogP contribution >= 0.6 is 11.3 Å². The monoisotopic (exact) mass is 427 g/mol. The summed E-state index contributed by atoms with van der Waals surface area (Å²) < 4.78 is 5.78. The summed E-state index contributed by atoms with van der Waals surface area (Å²) in [7, 11) is 0. The summed E-state index contributed by atoms with van der Waals surface area (Å²) in [5, 5.41) is 13.1. The van der Waals surface area contributed by atoms with Gasteiger partial charge >= 0.3 is 0 Å². The third-order valence-corrected chi connectivity index (χ3v) is 6.32. The molecular weight excluding hydrogens is 398 g/mol. The van der Waals surface area contributed by atoms with Crippen LogP contribution in [0.15, 0.2) is 35.2 Å². The van der Waals surface area contributed by atoms with Crippen molar-refractivity contribution >= 4 is 28.8 Å². The van der Waals surface area contributed by atoms with Crippen molar-refractivity contribution in [3.8, 4) is 5.75 Å². The molecular formula is C24H29NO4S. The Hall–Kier alpha value is -2.60. The van der Waals surface area contributed by atoms with Crippen molar-refractivity contribution in [2.24, 2.45) is 0 Å². The molecule has 30 heavy (non-hydrogen) atoms. The molecule has 0 aliphatic carbocycles. The van der Waals surface area contributed by atoms with Crippen LogP contribution in [-0.2, 0) is 9.59 Å². The maximum Gasteiger partial charge on any atom is 0.295 e. The molecule has 160 valence electrons. The Morgan fingerprint density at radius 3 is 2.50 bits per heavy atom. The summed E-state index contributed by atoms with van der Waals surface area (Å²) in [6, 6.07) is 6.75. The molecule has 5 nitrogen and oxygen atoms in total. The number of amides is 1. The first kappa shape index (κ1) is 22.1. The number of ketones is 1. The maximum absolute atomic E-state index is 13.0. The molecule has 1 amide bonds. The van der Waals surface area contributed by atoms with Crippen LogP contribution in [0.2, 0.25) is 0 Å². The summed E-state index contributed by atoms with van der Waals surface area (Å²) in [6.45, 7) is 10.3. The second-order valence-electron chi connectivity index (χ2n) is 7.96. The van der Waals surface area contributed by atoms with E-state index >= 15 is 0 Å². The number of hydrogen-bond acceptors (Lipinski definition) is 5. The number of Topliss-reactive ketones (excluding diaryl/α,β-unsaturated/α-hetero) is 1. The minimum atomic E-state index is -0.624. The highest BCUT2D eigenvalue weighted by Gasteiger charge is 2.46. The molecule has 6 heteroatoms. The van der Waals surface area contributed by atoms with E-state index in [1.165, 1.54) is 11.3 Å². The Morgan fingerprint density at radius 2 is 1.93 bits per heavy atom. The predicted molar refractivity (Wildman–Crippen MR) is 120 cm³/mol. The molecule has 3 rings (SSSR count). The highest BCUT2D eigenvalue weighted by molar-refractivity contribution is 7.10. The van der Waals surface area contributed by atoms with Gasteiger partial charge in [0.25, 0.3) is 11.7 Å². The number of carbonyl (C=O) groups is 2. The lowest BCUT2D eigenvalue weighted by molar-refractivity contribution is -0.139. The van der Waals surface area contributed by atoms with E-state index in [4.69, 9.17) is 4.74 Å². The second kappa shape index (κ2) is 9.04. The highest BCUT2D eigenvalue weighted by atomic mass is 32.1. The van der Waals surface area contributed by atoms with Crippen LogP contribution in [0.1, 0.15) is 61.2 Å². The molecule has 1 aromatic carbocycles. The highest BCUT2D eigenvalue weighted by Crippen LogP contribution is 2.43. The Balaban J connectivity index is 2.11. The number of ether oxygens (including phenoxy) is 1. The fourth-order valence-electron chi connectivity index (χ4n) is 3.71. The number of rotatable bonds is 7. The number of aliphatic hydroxyl groups excluding tert-OH is 1. The van der Waals surface area contributed by atoms with Crippen molar-refractivity contribution in [3.05, 3.63) is 56.8 Å². The molecule has 0 saturated carbocycles. The van der Waals surface area contributed by atoms with Gasteiger partial charge in [-0.1, -0.05) is 13.3 Å². The van der Waals surface area contributed by atoms with Crippen LogP contribution < -0.4 is 4.74 Å². The minimum absolute atomic E-state index is 0.0360. The average molecular weight is 428 g/mol. The third kappa shape index (κ3) is 4.15. The van der Waals surface area contributed by atoms with E-state index < -0.39 is 17.7 Å². The molecule has 1 fully saturated rings. The van der Waals surface area contributed by atoms with Gasteiger partial charge in [0, 0.05) is 17.0 Å². The summed E-state index contributed by atoms with van der Waals surface area (Å²) >= 11 is 1.51. The lowest BCUT2D eigenvalue weighted by Crippen LogP contribution is -2.30. The molecule has 2 heterocycles. The van der Waals surface area contributed by atoms with Crippen molar-refractivity contribution in [2.75, 3.05) is 6.54 Å². The quantitative estimate of drug-likeness (QED) is 0.366. The third-order valence-electron chi connectivity index (χ3n) is 5.25. The van der Waals surface area contributed by atoms with Gasteiger partial charge in [-0.25, -0.2) is 0 Å². The fourth-order valence-corrected chi connectivity index (χ4v) is 4.76. The number of aliphatic hydroxyl groups is 1. The van der Waals surface area contributed by atoms with Crippen molar-refractivity contribution in [1.29, 1.82) is 0 Å². The molecule has 1 unspecified atom stereocenters. The number of thiophene rings is 1. The zero-order chi connectivity index (χ0) is 22.0. The lowest BCUT2D eigenvalue weighted by Gasteiger charge is -2.24. The molecule has 2 aromatic rings.